The van der Waals surface area contributed by atoms with Crippen molar-refractivity contribution in [1.82, 2.24) is 4.90 Å². The summed E-state index contributed by atoms with van der Waals surface area (Å²) < 4.78 is 0. The van der Waals surface area contributed by atoms with Gasteiger partial charge < -0.3 is 10.2 Å². The lowest BCUT2D eigenvalue weighted by Crippen LogP contribution is -2.31. The van der Waals surface area contributed by atoms with Gasteiger partial charge in [-0.1, -0.05) is 23.8 Å². The zero-order chi connectivity index (χ0) is 12.1. The zero-order valence-corrected chi connectivity index (χ0v) is 10.3. The molecule has 1 aromatic carbocycles. The second kappa shape index (κ2) is 5.99. The lowest BCUT2D eigenvalue weighted by molar-refractivity contribution is 0.0647. The third-order valence-corrected chi connectivity index (χ3v) is 2.68. The molecule has 2 N–H and O–H groups in total. The molecular weight excluding hydrogens is 202 g/mol. The standard InChI is InChI=1S/C13H21NO2/c1-10-4-5-11(2)12(6-10)7-14(3)8-13(16)9-15/h4-6,13,15-16H,7-9H2,1-3H3. The molecule has 1 aromatic rings. The maximum absolute atomic E-state index is 9.34. The van der Waals surface area contributed by atoms with Gasteiger partial charge in [-0.2, -0.15) is 0 Å². The van der Waals surface area contributed by atoms with Gasteiger partial charge in [0.05, 0.1) is 12.7 Å². The fourth-order valence-electron chi connectivity index (χ4n) is 1.74. The Morgan fingerprint density at radius 1 is 1.31 bits per heavy atom. The molecule has 0 aliphatic rings. The number of nitrogens with zero attached hydrogens (tertiary/aromatic N) is 1. The summed E-state index contributed by atoms with van der Waals surface area (Å²) in [5.41, 5.74) is 3.78. The molecule has 16 heavy (non-hydrogen) atoms. The van der Waals surface area contributed by atoms with Crippen molar-refractivity contribution in [1.29, 1.82) is 0 Å². The topological polar surface area (TPSA) is 43.7 Å². The highest BCUT2D eigenvalue weighted by molar-refractivity contribution is 5.30. The number of rotatable bonds is 5. The zero-order valence-electron chi connectivity index (χ0n) is 10.3. The summed E-state index contributed by atoms with van der Waals surface area (Å²) in [7, 11) is 1.95. The van der Waals surface area contributed by atoms with Crippen molar-refractivity contribution in [3.8, 4) is 0 Å². The minimum absolute atomic E-state index is 0.183. The molecule has 0 spiro atoms. The van der Waals surface area contributed by atoms with Crippen molar-refractivity contribution in [2.24, 2.45) is 0 Å². The second-order valence-electron chi connectivity index (χ2n) is 4.46. The van der Waals surface area contributed by atoms with Gasteiger partial charge in [0.2, 0.25) is 0 Å². The van der Waals surface area contributed by atoms with Crippen LogP contribution in [0.3, 0.4) is 0 Å². The first-order valence-corrected chi connectivity index (χ1v) is 5.56. The number of aliphatic hydroxyl groups is 2. The smallest absolute Gasteiger partial charge is 0.0897 e. The normalized spacial score (nSPS) is 13.1. The largest absolute Gasteiger partial charge is 0.394 e. The van der Waals surface area contributed by atoms with Gasteiger partial charge in [0.25, 0.3) is 0 Å². The molecule has 0 fully saturated rings. The van der Waals surface area contributed by atoms with E-state index in [2.05, 4.69) is 32.0 Å². The number of aryl methyl sites for hydroxylation is 2. The molecule has 0 aromatic heterocycles. The van der Waals surface area contributed by atoms with Gasteiger partial charge in [-0.15, -0.1) is 0 Å². The summed E-state index contributed by atoms with van der Waals surface area (Å²) in [5, 5.41) is 18.1. The molecular formula is C13H21NO2. The maximum Gasteiger partial charge on any atom is 0.0897 e. The lowest BCUT2D eigenvalue weighted by Gasteiger charge is -2.20. The minimum Gasteiger partial charge on any atom is -0.394 e. The Bertz CT molecular complexity index is 339. The predicted molar refractivity (Wildman–Crippen MR) is 65.3 cm³/mol. The Hall–Kier alpha value is -0.900. The number of benzene rings is 1. The number of likely N-dealkylation sites (N-methyl/N-ethyl adjacent to an activating group) is 1. The minimum atomic E-state index is -0.657. The molecule has 1 unspecified atom stereocenters. The quantitative estimate of drug-likeness (QED) is 0.785. The average Bonchev–Trinajstić information content (AvgIpc) is 2.23. The second-order valence-corrected chi connectivity index (χ2v) is 4.46. The Labute approximate surface area is 97.3 Å². The molecule has 3 heteroatoms. The van der Waals surface area contributed by atoms with E-state index in [0.717, 1.165) is 6.54 Å². The Kier molecular flexibility index (Phi) is 4.93. The van der Waals surface area contributed by atoms with Crippen LogP contribution in [0.15, 0.2) is 18.2 Å². The molecule has 1 atom stereocenters. The molecule has 0 amide bonds. The van der Waals surface area contributed by atoms with Crippen LogP contribution in [-0.2, 0) is 6.54 Å². The van der Waals surface area contributed by atoms with E-state index >= 15 is 0 Å². The first kappa shape index (κ1) is 13.2. The van der Waals surface area contributed by atoms with Crippen molar-refractivity contribution in [2.45, 2.75) is 26.5 Å². The van der Waals surface area contributed by atoms with E-state index in [0.29, 0.717) is 6.54 Å². The first-order valence-electron chi connectivity index (χ1n) is 5.56. The highest BCUT2D eigenvalue weighted by Crippen LogP contribution is 2.12. The molecule has 0 saturated carbocycles. The van der Waals surface area contributed by atoms with Crippen molar-refractivity contribution >= 4 is 0 Å². The predicted octanol–water partition coefficient (Wildman–Crippen LogP) is 1.09. The highest BCUT2D eigenvalue weighted by Gasteiger charge is 2.08. The van der Waals surface area contributed by atoms with Crippen LogP contribution in [0.4, 0.5) is 0 Å². The SMILES string of the molecule is Cc1ccc(C)c(CN(C)CC(O)CO)c1. The van der Waals surface area contributed by atoms with Gasteiger partial charge in [0.1, 0.15) is 0 Å². The van der Waals surface area contributed by atoms with Gasteiger partial charge in [0, 0.05) is 13.1 Å². The van der Waals surface area contributed by atoms with Crippen molar-refractivity contribution < 1.29 is 10.2 Å². The van der Waals surface area contributed by atoms with Gasteiger partial charge in [-0.25, -0.2) is 0 Å². The van der Waals surface area contributed by atoms with Gasteiger partial charge in [-0.05, 0) is 32.0 Å². The summed E-state index contributed by atoms with van der Waals surface area (Å²) in [4.78, 5) is 2.02. The van der Waals surface area contributed by atoms with Gasteiger partial charge in [-0.3, -0.25) is 4.90 Å². The molecule has 0 bridgehead atoms. The van der Waals surface area contributed by atoms with E-state index < -0.39 is 6.10 Å². The molecule has 0 radical (unpaired) electrons. The molecule has 90 valence electrons. The molecule has 0 aliphatic carbocycles. The maximum atomic E-state index is 9.34. The summed E-state index contributed by atoms with van der Waals surface area (Å²) in [6.45, 7) is 5.27. The fourth-order valence-corrected chi connectivity index (χ4v) is 1.74. The average molecular weight is 223 g/mol. The monoisotopic (exact) mass is 223 g/mol. The number of hydrogen-bond acceptors (Lipinski definition) is 3. The van der Waals surface area contributed by atoms with Crippen LogP contribution in [0, 0.1) is 13.8 Å². The summed E-state index contributed by atoms with van der Waals surface area (Å²) in [6, 6.07) is 6.37. The Morgan fingerprint density at radius 3 is 2.62 bits per heavy atom. The van der Waals surface area contributed by atoms with Crippen LogP contribution in [-0.4, -0.2) is 41.4 Å². The third-order valence-electron chi connectivity index (χ3n) is 2.68. The van der Waals surface area contributed by atoms with Crippen LogP contribution in [0.2, 0.25) is 0 Å². The van der Waals surface area contributed by atoms with Gasteiger partial charge in [0.15, 0.2) is 0 Å². The van der Waals surface area contributed by atoms with Crippen LogP contribution < -0.4 is 0 Å². The van der Waals surface area contributed by atoms with E-state index in [-0.39, 0.29) is 6.61 Å². The van der Waals surface area contributed by atoms with E-state index in [9.17, 15) is 5.11 Å². The van der Waals surface area contributed by atoms with Crippen molar-refractivity contribution in [3.05, 3.63) is 34.9 Å². The molecule has 1 rings (SSSR count). The summed E-state index contributed by atoms with van der Waals surface area (Å²) in [5.74, 6) is 0. The Morgan fingerprint density at radius 2 is 2.00 bits per heavy atom. The molecule has 3 nitrogen and oxygen atoms in total. The highest BCUT2D eigenvalue weighted by atomic mass is 16.3. The third kappa shape index (κ3) is 3.93. The van der Waals surface area contributed by atoms with E-state index in [1.807, 2.05) is 11.9 Å². The lowest BCUT2D eigenvalue weighted by atomic mass is 10.1. The van der Waals surface area contributed by atoms with Gasteiger partial charge >= 0.3 is 0 Å². The molecule has 0 aliphatic heterocycles. The Balaban J connectivity index is 2.61. The van der Waals surface area contributed by atoms with Crippen LogP contribution in [0.25, 0.3) is 0 Å². The molecule has 0 saturated heterocycles. The fraction of sp³-hybridized carbons (Fsp3) is 0.538. The van der Waals surface area contributed by atoms with Crippen LogP contribution in [0.1, 0.15) is 16.7 Å². The first-order chi connectivity index (χ1) is 7.52. The van der Waals surface area contributed by atoms with Crippen LogP contribution >= 0.6 is 0 Å². The number of hydrogen-bond donors (Lipinski definition) is 2. The summed E-state index contributed by atoms with van der Waals surface area (Å²) in [6.07, 6.45) is -0.657. The van der Waals surface area contributed by atoms with Crippen molar-refractivity contribution in [2.75, 3.05) is 20.2 Å². The van der Waals surface area contributed by atoms with Crippen LogP contribution in [0.5, 0.6) is 0 Å². The molecule has 0 heterocycles. The van der Waals surface area contributed by atoms with E-state index in [1.54, 1.807) is 0 Å². The summed E-state index contributed by atoms with van der Waals surface area (Å²) >= 11 is 0. The van der Waals surface area contributed by atoms with E-state index in [4.69, 9.17) is 5.11 Å². The van der Waals surface area contributed by atoms with Crippen molar-refractivity contribution in [3.63, 3.8) is 0 Å². The van der Waals surface area contributed by atoms with E-state index in [1.165, 1.54) is 16.7 Å². The number of aliphatic hydroxyl groups excluding tert-OH is 2.